The van der Waals surface area contributed by atoms with Crippen molar-refractivity contribution in [2.45, 2.75) is 85.7 Å². The van der Waals surface area contributed by atoms with Crippen LogP contribution in [0.3, 0.4) is 0 Å². The van der Waals surface area contributed by atoms with Crippen LogP contribution in [0.4, 0.5) is 0 Å². The van der Waals surface area contributed by atoms with Crippen molar-refractivity contribution in [1.29, 1.82) is 0 Å². The fourth-order valence-corrected chi connectivity index (χ4v) is 6.19. The number of aromatic nitrogens is 4. The van der Waals surface area contributed by atoms with E-state index < -0.39 is 35.6 Å². The van der Waals surface area contributed by atoms with Gasteiger partial charge in [-0.1, -0.05) is 82.5 Å². The summed E-state index contributed by atoms with van der Waals surface area (Å²) in [5.41, 5.74) is 8.72. The summed E-state index contributed by atoms with van der Waals surface area (Å²) in [5, 5.41) is 43.2. The topological polar surface area (TPSA) is 199 Å². The molecule has 0 saturated heterocycles. The zero-order chi connectivity index (χ0) is 63.5. The number of pyridine rings is 4. The minimum absolute atomic E-state index is 0. The summed E-state index contributed by atoms with van der Waals surface area (Å²) in [7, 11) is 0. The largest absolute Gasteiger partial charge is 0.460 e. The van der Waals surface area contributed by atoms with E-state index in [9.17, 15) is 14.7 Å². The van der Waals surface area contributed by atoms with Gasteiger partial charge < -0.3 is 55.1 Å². The first-order valence-electron chi connectivity index (χ1n) is 27.2. The SMILES string of the molecule is C=C(C)C(=O)Cl.C=C(C)C(=O)OCC(O)CC(C)O.CC(O)CC(O)CO.CCN(CC)CC.ClCCl.[Ir].[Ir].[c-]1ccccc1-c1ccccn1.[c-]1ccccc1-c1ccccn1.[c-]1ccccc1-c1ccccn1.[c-]1ccccc1-c1ccccn1. The maximum absolute atomic E-state index is 10.8. The van der Waals surface area contributed by atoms with E-state index in [1.54, 1.807) is 45.6 Å². The van der Waals surface area contributed by atoms with Crippen LogP contribution >= 0.6 is 34.8 Å². The summed E-state index contributed by atoms with van der Waals surface area (Å²) >= 11 is 14.4. The maximum Gasteiger partial charge on any atom is 0.333 e. The third kappa shape index (κ3) is 45.9. The Kier molecular flexibility index (Phi) is 55.4. The molecular weight excluding hydrogens is 1520 g/mol. The maximum atomic E-state index is 10.8. The number of aliphatic hydroxyl groups excluding tert-OH is 5. The second-order valence-corrected chi connectivity index (χ2v) is 18.9. The number of alkyl halides is 2. The first-order valence-corrected chi connectivity index (χ1v) is 28.7. The Morgan fingerprint density at radius 3 is 0.931 bits per heavy atom. The molecule has 0 fully saturated rings. The number of carbonyl (C=O) groups excluding carboxylic acids is 2. The molecule has 87 heavy (non-hydrogen) atoms. The molecule has 2 radical (unpaired) electrons. The third-order valence-corrected chi connectivity index (χ3v) is 10.8. The Labute approximate surface area is 559 Å². The molecule has 4 aromatic carbocycles. The molecule has 8 aromatic rings. The Morgan fingerprint density at radius 2 is 0.770 bits per heavy atom. The third-order valence-electron chi connectivity index (χ3n) is 10.5. The normalized spacial score (nSPS) is 10.8. The number of halogens is 3. The Hall–Kier alpha value is -5.97. The molecule has 4 heterocycles. The van der Waals surface area contributed by atoms with E-state index in [-0.39, 0.29) is 71.6 Å². The van der Waals surface area contributed by atoms with Gasteiger partial charge in [0.1, 0.15) is 6.61 Å². The standard InChI is InChI=1S/4C11H8N.C9H16O4.C6H15N.C5H12O3.C4H5ClO.CH2Cl2.2Ir/c4*1-2-6-10(7-3-1)11-8-4-5-9-12-11;1-6(2)9(12)13-5-8(11)4-7(3)10;1-4-7(5-2)6-3;1-4(7)2-5(8)3-6;1-3(2)4(5)6;2-1-3;;/h4*1-6,8-9H;7-8,10-11H,1,4-5H2,2-3H3;4-6H2,1-3H3;4-8H,2-3H2,1H3;1H2,2H3;1H2;;/q4*-1;;;;;;;. The van der Waals surface area contributed by atoms with Gasteiger partial charge in [-0.15, -0.1) is 167 Å². The number of esters is 1. The number of nitrogens with zero attached hydrogens (tertiary/aromatic N) is 5. The van der Waals surface area contributed by atoms with Crippen molar-refractivity contribution in [1.82, 2.24) is 24.8 Å². The predicted molar refractivity (Wildman–Crippen MR) is 347 cm³/mol. The average Bonchev–Trinajstić information content (AvgIpc) is 3.59. The van der Waals surface area contributed by atoms with Gasteiger partial charge in [-0.3, -0.25) is 4.79 Å². The molecule has 0 spiro atoms. The van der Waals surface area contributed by atoms with E-state index in [4.69, 9.17) is 55.2 Å². The number of aliphatic hydroxyl groups is 5. The molecule has 18 heteroatoms. The molecule has 0 aliphatic heterocycles. The van der Waals surface area contributed by atoms with Crippen molar-refractivity contribution in [3.8, 4) is 45.0 Å². The van der Waals surface area contributed by atoms with Gasteiger partial charge in [0, 0.05) is 89.0 Å². The molecular formula is C69H82Cl3Ir2N5O8-4. The van der Waals surface area contributed by atoms with Crippen LogP contribution in [0.2, 0.25) is 0 Å². The zero-order valence-corrected chi connectivity index (χ0v) is 57.4. The second kappa shape index (κ2) is 56.5. The van der Waals surface area contributed by atoms with E-state index in [1.807, 2.05) is 170 Å². The molecule has 0 aliphatic carbocycles. The molecule has 0 aliphatic rings. The Morgan fingerprint density at radius 1 is 0.506 bits per heavy atom. The van der Waals surface area contributed by atoms with Gasteiger partial charge in [-0.25, -0.2) is 4.79 Å². The Bertz CT molecular complexity index is 2400. The van der Waals surface area contributed by atoms with Crippen molar-refractivity contribution < 1.29 is 80.1 Å². The van der Waals surface area contributed by atoms with E-state index in [1.165, 1.54) is 26.6 Å². The molecule has 13 nitrogen and oxygen atoms in total. The van der Waals surface area contributed by atoms with Crippen LogP contribution in [0, 0.1) is 24.3 Å². The molecule has 0 bridgehead atoms. The number of carbonyl (C=O) groups is 2. The first-order chi connectivity index (χ1) is 40.9. The van der Waals surface area contributed by atoms with Gasteiger partial charge in [0.2, 0.25) is 5.24 Å². The fourth-order valence-electron chi connectivity index (χ4n) is 6.19. The van der Waals surface area contributed by atoms with Gasteiger partial charge in [0.25, 0.3) is 0 Å². The monoisotopic (exact) mass is 1600 g/mol. The van der Waals surface area contributed by atoms with Crippen LogP contribution in [0.1, 0.15) is 61.3 Å². The summed E-state index contributed by atoms with van der Waals surface area (Å²) in [5.74, 6) is -0.523. The van der Waals surface area contributed by atoms with Crippen LogP contribution in [0.25, 0.3) is 45.0 Å². The molecule has 0 amide bonds. The van der Waals surface area contributed by atoms with Gasteiger partial charge in [-0.05, 0) is 106 Å². The summed E-state index contributed by atoms with van der Waals surface area (Å²) in [6.07, 6.45) is 4.88. The van der Waals surface area contributed by atoms with E-state index in [0.717, 1.165) is 45.0 Å². The molecule has 474 valence electrons. The zero-order valence-electron chi connectivity index (χ0n) is 50.4. The minimum Gasteiger partial charge on any atom is -0.460 e. The van der Waals surface area contributed by atoms with E-state index >= 15 is 0 Å². The average molecular weight is 1600 g/mol. The van der Waals surface area contributed by atoms with Crippen molar-refractivity contribution in [3.63, 3.8) is 0 Å². The van der Waals surface area contributed by atoms with Crippen molar-refractivity contribution in [2.75, 3.05) is 38.2 Å². The van der Waals surface area contributed by atoms with E-state index in [0.29, 0.717) is 11.1 Å². The van der Waals surface area contributed by atoms with E-state index in [2.05, 4.69) is 87.8 Å². The number of ether oxygens (including phenoxy) is 1. The number of rotatable bonds is 16. The summed E-state index contributed by atoms with van der Waals surface area (Å²) in [6.45, 7) is 22.6. The van der Waals surface area contributed by atoms with Crippen LogP contribution in [-0.4, -0.2) is 124 Å². The summed E-state index contributed by atoms with van der Waals surface area (Å²) < 4.78 is 4.67. The quantitative estimate of drug-likeness (QED) is 0.0201. The van der Waals surface area contributed by atoms with Crippen LogP contribution < -0.4 is 0 Å². The van der Waals surface area contributed by atoms with Gasteiger partial charge in [0.05, 0.1) is 36.4 Å². The molecule has 4 atom stereocenters. The number of allylic oxidation sites excluding steroid dienone is 1. The molecule has 5 N–H and O–H groups in total. The number of hydrogen-bond acceptors (Lipinski definition) is 13. The van der Waals surface area contributed by atoms with Crippen LogP contribution in [0.15, 0.2) is 219 Å². The predicted octanol–water partition coefficient (Wildman–Crippen LogP) is 13.6. The molecule has 0 saturated carbocycles. The van der Waals surface area contributed by atoms with Crippen molar-refractivity contribution in [2.24, 2.45) is 0 Å². The Balaban J connectivity index is -0.000000928. The molecule has 8 rings (SSSR count). The minimum atomic E-state index is -0.816. The number of hydrogen-bond donors (Lipinski definition) is 5. The van der Waals surface area contributed by atoms with Gasteiger partial charge in [0.15, 0.2) is 0 Å². The van der Waals surface area contributed by atoms with Gasteiger partial charge >= 0.3 is 5.97 Å². The number of benzene rings is 4. The fraction of sp³-hybridized carbons (Fsp3) is 0.275. The first kappa shape index (κ1) is 85.2. The molecule has 4 aromatic heterocycles. The van der Waals surface area contributed by atoms with Gasteiger partial charge in [-0.2, -0.15) is 0 Å². The van der Waals surface area contributed by atoms with Crippen LogP contribution in [-0.2, 0) is 54.5 Å². The smallest absolute Gasteiger partial charge is 0.333 e. The van der Waals surface area contributed by atoms with Crippen molar-refractivity contribution >= 4 is 46.0 Å². The van der Waals surface area contributed by atoms with Crippen molar-refractivity contribution in [3.05, 3.63) is 243 Å². The second-order valence-electron chi connectivity index (χ2n) is 17.8. The van der Waals surface area contributed by atoms with Crippen LogP contribution in [0.5, 0.6) is 0 Å². The summed E-state index contributed by atoms with van der Waals surface area (Å²) in [6, 6.07) is 67.3. The molecule has 4 unspecified atom stereocenters. The summed E-state index contributed by atoms with van der Waals surface area (Å²) in [4.78, 5) is 39.9.